The lowest BCUT2D eigenvalue weighted by molar-refractivity contribution is 0.0947. The van der Waals surface area contributed by atoms with Crippen LogP contribution in [0.1, 0.15) is 37.2 Å². The summed E-state index contributed by atoms with van der Waals surface area (Å²) in [4.78, 5) is 18.0. The van der Waals surface area contributed by atoms with Crippen LogP contribution in [0.3, 0.4) is 0 Å². The molecule has 106 valence electrons. The van der Waals surface area contributed by atoms with Crippen LogP contribution < -0.4 is 11.1 Å². The van der Waals surface area contributed by atoms with E-state index in [0.29, 0.717) is 24.0 Å². The van der Waals surface area contributed by atoms with Crippen molar-refractivity contribution in [2.75, 3.05) is 25.9 Å². The van der Waals surface area contributed by atoms with Gasteiger partial charge in [0, 0.05) is 12.6 Å². The van der Waals surface area contributed by atoms with Crippen molar-refractivity contribution < 1.29 is 4.79 Å². The molecule has 0 fully saturated rings. The van der Waals surface area contributed by atoms with Crippen LogP contribution in [-0.4, -0.2) is 42.0 Å². The molecule has 3 N–H and O–H groups in total. The van der Waals surface area contributed by atoms with Crippen molar-refractivity contribution in [3.8, 4) is 0 Å². The van der Waals surface area contributed by atoms with E-state index in [2.05, 4.69) is 36.1 Å². The largest absolute Gasteiger partial charge is 0.397 e. The highest BCUT2D eigenvalue weighted by atomic mass is 16.1. The molecule has 1 aromatic rings. The van der Waals surface area contributed by atoms with Crippen molar-refractivity contribution in [3.05, 3.63) is 24.0 Å². The quantitative estimate of drug-likeness (QED) is 0.732. The van der Waals surface area contributed by atoms with Gasteiger partial charge in [0.05, 0.1) is 11.9 Å². The lowest BCUT2D eigenvalue weighted by Crippen LogP contribution is -2.29. The van der Waals surface area contributed by atoms with Gasteiger partial charge in [0.1, 0.15) is 5.69 Å². The number of nitrogens with one attached hydrogen (secondary N) is 1. The molecular formula is C14H24N4O. The summed E-state index contributed by atoms with van der Waals surface area (Å²) in [6, 6.07) is 3.88. The molecule has 0 radical (unpaired) electrons. The topological polar surface area (TPSA) is 71.2 Å². The highest BCUT2D eigenvalue weighted by Crippen LogP contribution is 2.01. The Morgan fingerprint density at radius 1 is 1.42 bits per heavy atom. The molecule has 0 aromatic carbocycles. The minimum absolute atomic E-state index is 0.141. The molecule has 0 aliphatic rings. The second kappa shape index (κ2) is 7.74. The van der Waals surface area contributed by atoms with E-state index in [-0.39, 0.29) is 5.91 Å². The number of nitrogens with two attached hydrogens (primary N) is 1. The van der Waals surface area contributed by atoms with Crippen molar-refractivity contribution in [1.29, 1.82) is 0 Å². The number of nitrogens with zero attached hydrogens (tertiary/aromatic N) is 2. The number of amides is 1. The highest BCUT2D eigenvalue weighted by Gasteiger charge is 2.06. The van der Waals surface area contributed by atoms with E-state index in [1.807, 2.05) is 0 Å². The highest BCUT2D eigenvalue weighted by molar-refractivity contribution is 5.92. The van der Waals surface area contributed by atoms with Gasteiger partial charge in [0.25, 0.3) is 5.91 Å². The number of pyridine rings is 1. The molecule has 0 saturated carbocycles. The van der Waals surface area contributed by atoms with Crippen molar-refractivity contribution >= 4 is 11.6 Å². The smallest absolute Gasteiger partial charge is 0.269 e. The minimum atomic E-state index is -0.141. The molecule has 0 aliphatic carbocycles. The number of nitrogen functional groups attached to an aromatic ring is 1. The maximum Gasteiger partial charge on any atom is 0.269 e. The predicted octanol–water partition coefficient (Wildman–Crippen LogP) is 1.51. The number of hydrogen-bond acceptors (Lipinski definition) is 4. The predicted molar refractivity (Wildman–Crippen MR) is 78.0 cm³/mol. The number of carbonyl (C=O) groups excluding carboxylic acids is 1. The molecule has 1 aromatic heterocycles. The molecule has 0 unspecified atom stereocenters. The maximum atomic E-state index is 11.7. The molecule has 0 atom stereocenters. The van der Waals surface area contributed by atoms with Gasteiger partial charge in [-0.05, 0) is 52.4 Å². The van der Waals surface area contributed by atoms with Crippen LogP contribution in [0.5, 0.6) is 0 Å². The number of aromatic nitrogens is 1. The van der Waals surface area contributed by atoms with E-state index in [1.165, 1.54) is 6.20 Å². The number of carbonyl (C=O) groups is 1. The van der Waals surface area contributed by atoms with E-state index >= 15 is 0 Å². The molecule has 0 spiro atoms. The molecular weight excluding hydrogens is 240 g/mol. The van der Waals surface area contributed by atoms with Gasteiger partial charge in [-0.25, -0.2) is 4.98 Å². The Bertz CT molecular complexity index is 389. The van der Waals surface area contributed by atoms with Crippen LogP contribution in [0.25, 0.3) is 0 Å². The zero-order valence-electron chi connectivity index (χ0n) is 12.0. The fraction of sp³-hybridized carbons (Fsp3) is 0.571. The number of anilines is 1. The monoisotopic (exact) mass is 264 g/mol. The van der Waals surface area contributed by atoms with Gasteiger partial charge in [-0.3, -0.25) is 4.79 Å². The summed E-state index contributed by atoms with van der Waals surface area (Å²) in [7, 11) is 2.11. The van der Waals surface area contributed by atoms with Crippen LogP contribution in [-0.2, 0) is 0 Å². The van der Waals surface area contributed by atoms with E-state index < -0.39 is 0 Å². The molecule has 1 heterocycles. The lowest BCUT2D eigenvalue weighted by Gasteiger charge is -2.20. The summed E-state index contributed by atoms with van der Waals surface area (Å²) in [5, 5.41) is 2.86. The van der Waals surface area contributed by atoms with Gasteiger partial charge in [-0.15, -0.1) is 0 Å². The third-order valence-electron chi connectivity index (χ3n) is 3.12. The number of rotatable bonds is 7. The lowest BCUT2D eigenvalue weighted by atomic mass is 10.2. The van der Waals surface area contributed by atoms with Crippen molar-refractivity contribution in [2.24, 2.45) is 0 Å². The molecule has 19 heavy (non-hydrogen) atoms. The summed E-state index contributed by atoms with van der Waals surface area (Å²) in [6.07, 6.45) is 3.54. The van der Waals surface area contributed by atoms with E-state index in [9.17, 15) is 4.79 Å². The third-order valence-corrected chi connectivity index (χ3v) is 3.12. The van der Waals surface area contributed by atoms with Crippen LogP contribution >= 0.6 is 0 Å². The first-order valence-corrected chi connectivity index (χ1v) is 6.70. The van der Waals surface area contributed by atoms with Crippen LogP contribution in [0.15, 0.2) is 18.3 Å². The third kappa shape index (κ3) is 5.70. The second-order valence-corrected chi connectivity index (χ2v) is 5.01. The first-order chi connectivity index (χ1) is 9.00. The van der Waals surface area contributed by atoms with Crippen molar-refractivity contribution in [3.63, 3.8) is 0 Å². The Kier molecular flexibility index (Phi) is 6.29. The van der Waals surface area contributed by atoms with Crippen molar-refractivity contribution in [2.45, 2.75) is 32.7 Å². The fourth-order valence-electron chi connectivity index (χ4n) is 1.58. The zero-order valence-corrected chi connectivity index (χ0v) is 12.0. The molecule has 5 heteroatoms. The number of hydrogen-bond donors (Lipinski definition) is 2. The Balaban J connectivity index is 2.19. The molecule has 1 rings (SSSR count). The van der Waals surface area contributed by atoms with Crippen LogP contribution in [0, 0.1) is 0 Å². The standard InChI is InChI=1S/C14H24N4O/c1-11(2)18(3)9-5-4-8-16-14(19)13-7-6-12(15)10-17-13/h6-7,10-11H,4-5,8-9,15H2,1-3H3,(H,16,19). The average molecular weight is 264 g/mol. The molecule has 0 bridgehead atoms. The summed E-state index contributed by atoms with van der Waals surface area (Å²) in [5.41, 5.74) is 6.49. The summed E-state index contributed by atoms with van der Waals surface area (Å²) < 4.78 is 0. The summed E-state index contributed by atoms with van der Waals surface area (Å²) >= 11 is 0. The maximum absolute atomic E-state index is 11.7. The van der Waals surface area contributed by atoms with Gasteiger partial charge < -0.3 is 16.0 Å². The van der Waals surface area contributed by atoms with E-state index in [1.54, 1.807) is 12.1 Å². The molecule has 0 aliphatic heterocycles. The van der Waals surface area contributed by atoms with Crippen molar-refractivity contribution in [1.82, 2.24) is 15.2 Å². The second-order valence-electron chi connectivity index (χ2n) is 5.01. The summed E-state index contributed by atoms with van der Waals surface area (Å²) in [5.74, 6) is -0.141. The Labute approximate surface area is 115 Å². The Hall–Kier alpha value is -1.62. The van der Waals surface area contributed by atoms with Gasteiger partial charge in [0.15, 0.2) is 0 Å². The first kappa shape index (κ1) is 15.4. The van der Waals surface area contributed by atoms with Gasteiger partial charge in [-0.1, -0.05) is 0 Å². The molecule has 0 saturated heterocycles. The van der Waals surface area contributed by atoms with E-state index in [4.69, 9.17) is 5.73 Å². The summed E-state index contributed by atoms with van der Waals surface area (Å²) in [6.45, 7) is 6.08. The molecule has 5 nitrogen and oxygen atoms in total. The van der Waals surface area contributed by atoms with Gasteiger partial charge in [-0.2, -0.15) is 0 Å². The van der Waals surface area contributed by atoms with Crippen LogP contribution in [0.2, 0.25) is 0 Å². The Morgan fingerprint density at radius 3 is 2.74 bits per heavy atom. The number of unbranched alkanes of at least 4 members (excludes halogenated alkanes) is 1. The van der Waals surface area contributed by atoms with Gasteiger partial charge >= 0.3 is 0 Å². The average Bonchev–Trinajstić information content (AvgIpc) is 2.38. The van der Waals surface area contributed by atoms with Gasteiger partial charge in [0.2, 0.25) is 0 Å². The normalized spacial score (nSPS) is 11.0. The molecule has 1 amide bonds. The minimum Gasteiger partial charge on any atom is -0.397 e. The zero-order chi connectivity index (χ0) is 14.3. The fourth-order valence-corrected chi connectivity index (χ4v) is 1.58. The first-order valence-electron chi connectivity index (χ1n) is 6.70. The Morgan fingerprint density at radius 2 is 2.16 bits per heavy atom. The van der Waals surface area contributed by atoms with Crippen LogP contribution in [0.4, 0.5) is 5.69 Å². The SMILES string of the molecule is CC(C)N(C)CCCCNC(=O)c1ccc(N)cn1. The van der Waals surface area contributed by atoms with E-state index in [0.717, 1.165) is 19.4 Å².